The van der Waals surface area contributed by atoms with Crippen LogP contribution in [-0.2, 0) is 18.3 Å². The highest BCUT2D eigenvalue weighted by atomic mass is 16.5. The van der Waals surface area contributed by atoms with Gasteiger partial charge >= 0.3 is 0 Å². The van der Waals surface area contributed by atoms with E-state index in [2.05, 4.69) is 12.1 Å². The third kappa shape index (κ3) is 1.24. The standard InChI is InChI=1S/C16H14N2O2/c17-8-12-10-2-6-20-15(10)13(11-3-7-19-14(11)12)16(9-18)4-1-5-16/h1-7H2. The summed E-state index contributed by atoms with van der Waals surface area (Å²) in [6.07, 6.45) is 4.37. The zero-order chi connectivity index (χ0) is 13.7. The fraction of sp³-hybridized carbons (Fsp3) is 0.500. The molecule has 100 valence electrons. The molecule has 20 heavy (non-hydrogen) atoms. The van der Waals surface area contributed by atoms with Crippen LogP contribution in [0.4, 0.5) is 0 Å². The highest BCUT2D eigenvalue weighted by Crippen LogP contribution is 2.54. The lowest BCUT2D eigenvalue weighted by molar-refractivity contribution is 0.296. The van der Waals surface area contributed by atoms with Crippen LogP contribution in [0.5, 0.6) is 11.5 Å². The Morgan fingerprint density at radius 1 is 0.950 bits per heavy atom. The zero-order valence-corrected chi connectivity index (χ0v) is 11.2. The van der Waals surface area contributed by atoms with E-state index >= 15 is 0 Å². The molecule has 2 aliphatic heterocycles. The highest BCUT2D eigenvalue weighted by molar-refractivity contribution is 5.68. The van der Waals surface area contributed by atoms with Crippen LogP contribution in [0, 0.1) is 22.7 Å². The van der Waals surface area contributed by atoms with E-state index < -0.39 is 5.41 Å². The van der Waals surface area contributed by atoms with Crippen molar-refractivity contribution >= 4 is 0 Å². The van der Waals surface area contributed by atoms with Crippen molar-refractivity contribution in [1.82, 2.24) is 0 Å². The Morgan fingerprint density at radius 3 is 2.25 bits per heavy atom. The van der Waals surface area contributed by atoms with Crippen LogP contribution in [0.25, 0.3) is 0 Å². The van der Waals surface area contributed by atoms with E-state index in [1.165, 1.54) is 0 Å². The van der Waals surface area contributed by atoms with Gasteiger partial charge in [0.2, 0.25) is 0 Å². The first-order chi connectivity index (χ1) is 9.80. The van der Waals surface area contributed by atoms with Gasteiger partial charge in [-0.25, -0.2) is 0 Å². The number of benzene rings is 1. The Bertz CT molecular complexity index is 655. The minimum Gasteiger partial charge on any atom is -0.493 e. The molecule has 4 heteroatoms. The Morgan fingerprint density at radius 2 is 1.65 bits per heavy atom. The predicted molar refractivity (Wildman–Crippen MR) is 70.7 cm³/mol. The molecule has 1 saturated carbocycles. The van der Waals surface area contributed by atoms with E-state index in [0.29, 0.717) is 24.5 Å². The van der Waals surface area contributed by atoms with Gasteiger partial charge in [0, 0.05) is 29.5 Å². The van der Waals surface area contributed by atoms with Gasteiger partial charge in [-0.1, -0.05) is 0 Å². The molecule has 4 nitrogen and oxygen atoms in total. The third-order valence-electron chi connectivity index (χ3n) is 4.81. The summed E-state index contributed by atoms with van der Waals surface area (Å²) in [5, 5.41) is 19.1. The van der Waals surface area contributed by atoms with E-state index in [1.807, 2.05) is 0 Å². The number of fused-ring (bicyclic) bond motifs is 2. The largest absolute Gasteiger partial charge is 0.493 e. The summed E-state index contributed by atoms with van der Waals surface area (Å²) in [5.41, 5.74) is 3.24. The van der Waals surface area contributed by atoms with E-state index in [4.69, 9.17) is 9.47 Å². The quantitative estimate of drug-likeness (QED) is 0.782. The predicted octanol–water partition coefficient (Wildman–Crippen LogP) is 2.37. The molecular formula is C16H14N2O2. The minimum atomic E-state index is -0.416. The van der Waals surface area contributed by atoms with Crippen molar-refractivity contribution in [2.24, 2.45) is 0 Å². The fourth-order valence-electron chi connectivity index (χ4n) is 3.68. The second-order valence-electron chi connectivity index (χ2n) is 5.72. The summed E-state index contributed by atoms with van der Waals surface area (Å²) in [6.45, 7) is 1.20. The molecule has 0 unspecified atom stereocenters. The summed E-state index contributed by atoms with van der Waals surface area (Å²) >= 11 is 0. The lowest BCUT2D eigenvalue weighted by Crippen LogP contribution is -2.34. The van der Waals surface area contributed by atoms with E-state index in [1.54, 1.807) is 0 Å². The lowest BCUT2D eigenvalue weighted by Gasteiger charge is -2.37. The van der Waals surface area contributed by atoms with E-state index in [9.17, 15) is 10.5 Å². The maximum atomic E-state index is 9.67. The van der Waals surface area contributed by atoms with Crippen LogP contribution in [-0.4, -0.2) is 13.2 Å². The summed E-state index contributed by atoms with van der Waals surface area (Å²) in [5.74, 6) is 1.53. The van der Waals surface area contributed by atoms with Crippen molar-refractivity contribution in [2.45, 2.75) is 37.5 Å². The van der Waals surface area contributed by atoms with E-state index in [-0.39, 0.29) is 0 Å². The molecule has 1 fully saturated rings. The van der Waals surface area contributed by atoms with Crippen molar-refractivity contribution < 1.29 is 9.47 Å². The SMILES string of the molecule is N#Cc1c2c(c(C3(C#N)CCC3)c3c1OCC3)OCC2. The van der Waals surface area contributed by atoms with Crippen LogP contribution >= 0.6 is 0 Å². The van der Waals surface area contributed by atoms with Gasteiger partial charge in [0.25, 0.3) is 0 Å². The number of nitrogens with zero attached hydrogens (tertiary/aromatic N) is 2. The average molecular weight is 266 g/mol. The van der Waals surface area contributed by atoms with Gasteiger partial charge in [-0.2, -0.15) is 10.5 Å². The first-order valence-electron chi connectivity index (χ1n) is 7.10. The van der Waals surface area contributed by atoms with Gasteiger partial charge in [0.05, 0.1) is 24.7 Å². The van der Waals surface area contributed by atoms with Crippen LogP contribution in [0.1, 0.15) is 41.5 Å². The van der Waals surface area contributed by atoms with Crippen molar-refractivity contribution in [3.05, 3.63) is 22.3 Å². The fourth-order valence-corrected chi connectivity index (χ4v) is 3.68. The van der Waals surface area contributed by atoms with Crippen molar-refractivity contribution in [3.63, 3.8) is 0 Å². The number of rotatable bonds is 1. The molecule has 0 spiro atoms. The van der Waals surface area contributed by atoms with Crippen LogP contribution in [0.3, 0.4) is 0 Å². The molecule has 0 atom stereocenters. The summed E-state index contributed by atoms with van der Waals surface area (Å²) in [6, 6.07) is 4.78. The summed E-state index contributed by atoms with van der Waals surface area (Å²) < 4.78 is 11.5. The molecule has 1 aromatic carbocycles. The molecule has 0 aromatic heterocycles. The van der Waals surface area contributed by atoms with Crippen LogP contribution in [0.15, 0.2) is 0 Å². The van der Waals surface area contributed by atoms with Crippen LogP contribution < -0.4 is 9.47 Å². The van der Waals surface area contributed by atoms with Gasteiger partial charge in [-0.05, 0) is 19.3 Å². The third-order valence-corrected chi connectivity index (χ3v) is 4.81. The van der Waals surface area contributed by atoms with Gasteiger partial charge in [0.1, 0.15) is 23.1 Å². The minimum absolute atomic E-state index is 0.416. The molecule has 0 bridgehead atoms. The van der Waals surface area contributed by atoms with Crippen LogP contribution in [0.2, 0.25) is 0 Å². The second kappa shape index (κ2) is 3.90. The Kier molecular flexibility index (Phi) is 2.26. The monoisotopic (exact) mass is 266 g/mol. The smallest absolute Gasteiger partial charge is 0.141 e. The van der Waals surface area contributed by atoms with Gasteiger partial charge < -0.3 is 9.47 Å². The maximum absolute atomic E-state index is 9.67. The first kappa shape index (κ1) is 11.6. The molecule has 4 rings (SSSR count). The highest BCUT2D eigenvalue weighted by Gasteiger charge is 2.46. The van der Waals surface area contributed by atoms with E-state index in [0.717, 1.165) is 54.5 Å². The van der Waals surface area contributed by atoms with Gasteiger partial charge in [-0.3, -0.25) is 0 Å². The maximum Gasteiger partial charge on any atom is 0.141 e. The number of hydrogen-bond donors (Lipinski definition) is 0. The topological polar surface area (TPSA) is 66.0 Å². The summed E-state index contributed by atoms with van der Waals surface area (Å²) in [4.78, 5) is 0. The summed E-state index contributed by atoms with van der Waals surface area (Å²) in [7, 11) is 0. The average Bonchev–Trinajstić information content (AvgIpc) is 3.05. The molecule has 0 radical (unpaired) electrons. The Balaban J connectivity index is 2.06. The number of hydrogen-bond acceptors (Lipinski definition) is 4. The zero-order valence-electron chi connectivity index (χ0n) is 11.2. The second-order valence-corrected chi connectivity index (χ2v) is 5.72. The Labute approximate surface area is 117 Å². The number of ether oxygens (including phenoxy) is 2. The van der Waals surface area contributed by atoms with Crippen molar-refractivity contribution in [1.29, 1.82) is 10.5 Å². The van der Waals surface area contributed by atoms with Gasteiger partial charge in [0.15, 0.2) is 0 Å². The molecule has 0 saturated heterocycles. The number of nitriles is 2. The molecule has 1 aromatic rings. The molecule has 3 aliphatic rings. The van der Waals surface area contributed by atoms with Gasteiger partial charge in [-0.15, -0.1) is 0 Å². The molecular weight excluding hydrogens is 252 g/mol. The molecule has 1 aliphatic carbocycles. The normalized spacial score (nSPS) is 20.7. The molecule has 0 N–H and O–H groups in total. The van der Waals surface area contributed by atoms with Crippen molar-refractivity contribution in [3.8, 4) is 23.6 Å². The first-order valence-corrected chi connectivity index (χ1v) is 7.10. The Hall–Kier alpha value is -2.20. The lowest BCUT2D eigenvalue weighted by atomic mass is 9.63. The van der Waals surface area contributed by atoms with Crippen molar-refractivity contribution in [2.75, 3.05) is 13.2 Å². The molecule has 0 amide bonds. The molecule has 2 heterocycles.